The second kappa shape index (κ2) is 23.4. The predicted octanol–water partition coefficient (Wildman–Crippen LogP) is 9.90. The summed E-state index contributed by atoms with van der Waals surface area (Å²) < 4.78 is 0. The van der Waals surface area contributed by atoms with Gasteiger partial charge in [0.2, 0.25) is 5.91 Å². The molecule has 0 spiro atoms. The molecule has 0 saturated heterocycles. The Labute approximate surface area is 213 Å². The van der Waals surface area contributed by atoms with Crippen molar-refractivity contribution in [1.29, 1.82) is 0 Å². The molecule has 0 saturated carbocycles. The maximum Gasteiger partial charge on any atom is 0.222 e. The van der Waals surface area contributed by atoms with Gasteiger partial charge in [0.25, 0.3) is 0 Å². The smallest absolute Gasteiger partial charge is 0.222 e. The van der Waals surface area contributed by atoms with Crippen molar-refractivity contribution in [2.45, 2.75) is 149 Å². The van der Waals surface area contributed by atoms with E-state index < -0.39 is 0 Å². The van der Waals surface area contributed by atoms with Gasteiger partial charge in [-0.05, 0) is 25.3 Å². The van der Waals surface area contributed by atoms with Crippen LogP contribution in [0, 0.1) is 0 Å². The highest BCUT2D eigenvalue weighted by atomic mass is 16.2. The van der Waals surface area contributed by atoms with Gasteiger partial charge in [0.1, 0.15) is 0 Å². The lowest BCUT2D eigenvalue weighted by atomic mass is 10.0. The molecule has 0 unspecified atom stereocenters. The van der Waals surface area contributed by atoms with Crippen molar-refractivity contribution in [3.63, 3.8) is 0 Å². The molecule has 0 aliphatic heterocycles. The van der Waals surface area contributed by atoms with Gasteiger partial charge in [0.15, 0.2) is 0 Å². The first kappa shape index (κ1) is 30.7. The molecule has 196 valence electrons. The third-order valence-corrected chi connectivity index (χ3v) is 7.24. The number of rotatable bonds is 24. The highest BCUT2D eigenvalue weighted by molar-refractivity contribution is 5.76. The van der Waals surface area contributed by atoms with Gasteiger partial charge < -0.3 is 4.90 Å². The van der Waals surface area contributed by atoms with Crippen LogP contribution in [0.2, 0.25) is 0 Å². The molecule has 2 nitrogen and oxygen atoms in total. The minimum atomic E-state index is 0.338. The summed E-state index contributed by atoms with van der Waals surface area (Å²) in [7, 11) is 0. The fourth-order valence-corrected chi connectivity index (χ4v) is 4.88. The second-order valence-corrected chi connectivity index (χ2v) is 10.3. The number of benzene rings is 1. The van der Waals surface area contributed by atoms with Crippen LogP contribution in [0.3, 0.4) is 0 Å². The molecule has 0 atom stereocenters. The first-order chi connectivity index (χ1) is 16.8. The summed E-state index contributed by atoms with van der Waals surface area (Å²) in [4.78, 5) is 14.5. The molecule has 0 aliphatic carbocycles. The molecule has 1 aromatic carbocycles. The molecule has 1 rings (SSSR count). The van der Waals surface area contributed by atoms with E-state index in [-0.39, 0.29) is 0 Å². The summed E-state index contributed by atoms with van der Waals surface area (Å²) in [6, 6.07) is 10.5. The summed E-state index contributed by atoms with van der Waals surface area (Å²) in [5.74, 6) is 0.338. The quantitative estimate of drug-likeness (QED) is 0.137. The van der Waals surface area contributed by atoms with E-state index >= 15 is 0 Å². The largest absolute Gasteiger partial charge is 0.343 e. The van der Waals surface area contributed by atoms with Gasteiger partial charge in [-0.15, -0.1) is 0 Å². The Morgan fingerprint density at radius 3 is 1.41 bits per heavy atom. The van der Waals surface area contributed by atoms with Crippen molar-refractivity contribution in [1.82, 2.24) is 4.90 Å². The normalized spacial score (nSPS) is 11.1. The van der Waals surface area contributed by atoms with Crippen LogP contribution in [-0.4, -0.2) is 23.9 Å². The summed E-state index contributed by atoms with van der Waals surface area (Å²) >= 11 is 0. The number of likely N-dealkylation sites (N-methyl/N-ethyl adjacent to an activating group) is 1. The van der Waals surface area contributed by atoms with Gasteiger partial charge in [0.05, 0.1) is 0 Å². The minimum absolute atomic E-state index is 0.338. The standard InChI is InChI=1S/C32H57NO/c1-3-5-6-7-8-9-10-11-12-13-14-15-16-17-18-19-20-21-25-28-32(34)33(4-2)30-29-31-26-23-22-24-27-31/h22-24,26-27H,3-21,25,28-30H2,1-2H3. The van der Waals surface area contributed by atoms with E-state index in [1.807, 2.05) is 11.0 Å². The van der Waals surface area contributed by atoms with Crippen molar-refractivity contribution in [2.75, 3.05) is 13.1 Å². The average molecular weight is 472 g/mol. The molecule has 0 aromatic heterocycles. The topological polar surface area (TPSA) is 20.3 Å². The number of unbranched alkanes of at least 4 members (excludes halogenated alkanes) is 18. The molecule has 0 fully saturated rings. The Balaban J connectivity index is 1.82. The van der Waals surface area contributed by atoms with Gasteiger partial charge in [-0.3, -0.25) is 4.79 Å². The molecular weight excluding hydrogens is 414 g/mol. The van der Waals surface area contributed by atoms with Crippen molar-refractivity contribution in [3.8, 4) is 0 Å². The number of hydrogen-bond donors (Lipinski definition) is 0. The van der Waals surface area contributed by atoms with E-state index in [4.69, 9.17) is 0 Å². The number of amides is 1. The summed E-state index contributed by atoms with van der Waals surface area (Å²) in [6.07, 6.45) is 28.1. The van der Waals surface area contributed by atoms with Crippen molar-refractivity contribution < 1.29 is 4.79 Å². The van der Waals surface area contributed by atoms with Crippen molar-refractivity contribution in [2.24, 2.45) is 0 Å². The fourth-order valence-electron chi connectivity index (χ4n) is 4.88. The molecule has 1 amide bonds. The van der Waals surface area contributed by atoms with E-state index in [1.54, 1.807) is 0 Å². The van der Waals surface area contributed by atoms with Crippen LogP contribution < -0.4 is 0 Å². The summed E-state index contributed by atoms with van der Waals surface area (Å²) in [5.41, 5.74) is 1.32. The maximum atomic E-state index is 12.5. The molecule has 0 aliphatic rings. The van der Waals surface area contributed by atoms with E-state index in [0.717, 1.165) is 32.4 Å². The zero-order valence-electron chi connectivity index (χ0n) is 23.0. The van der Waals surface area contributed by atoms with E-state index in [0.29, 0.717) is 5.91 Å². The zero-order chi connectivity index (χ0) is 24.5. The van der Waals surface area contributed by atoms with Crippen LogP contribution in [0.5, 0.6) is 0 Å². The summed E-state index contributed by atoms with van der Waals surface area (Å²) in [5, 5.41) is 0. The lowest BCUT2D eigenvalue weighted by Gasteiger charge is -2.21. The van der Waals surface area contributed by atoms with Gasteiger partial charge >= 0.3 is 0 Å². The lowest BCUT2D eigenvalue weighted by molar-refractivity contribution is -0.131. The first-order valence-corrected chi connectivity index (χ1v) is 15.1. The van der Waals surface area contributed by atoms with Crippen LogP contribution in [0.1, 0.15) is 148 Å². The Morgan fingerprint density at radius 1 is 0.588 bits per heavy atom. The molecule has 2 heteroatoms. The van der Waals surface area contributed by atoms with E-state index in [9.17, 15) is 4.79 Å². The minimum Gasteiger partial charge on any atom is -0.343 e. The number of carbonyl (C=O) groups is 1. The summed E-state index contributed by atoms with van der Waals surface area (Å²) in [6.45, 7) is 6.06. The van der Waals surface area contributed by atoms with E-state index in [2.05, 4.69) is 38.1 Å². The number of nitrogens with zero attached hydrogens (tertiary/aromatic N) is 1. The average Bonchev–Trinajstić information content (AvgIpc) is 2.86. The van der Waals surface area contributed by atoms with Gasteiger partial charge in [-0.25, -0.2) is 0 Å². The lowest BCUT2D eigenvalue weighted by Crippen LogP contribution is -2.32. The van der Waals surface area contributed by atoms with Gasteiger partial charge in [0, 0.05) is 19.5 Å². The monoisotopic (exact) mass is 471 g/mol. The Kier molecular flexibility index (Phi) is 21.2. The Hall–Kier alpha value is -1.31. The van der Waals surface area contributed by atoms with Crippen LogP contribution in [0.25, 0.3) is 0 Å². The Bertz CT molecular complexity index is 555. The zero-order valence-corrected chi connectivity index (χ0v) is 23.0. The molecular formula is C32H57NO. The number of carbonyl (C=O) groups excluding carboxylic acids is 1. The Morgan fingerprint density at radius 2 is 1.00 bits per heavy atom. The van der Waals surface area contributed by atoms with Gasteiger partial charge in [-0.1, -0.05) is 153 Å². The van der Waals surface area contributed by atoms with Crippen LogP contribution in [0.15, 0.2) is 30.3 Å². The highest BCUT2D eigenvalue weighted by Gasteiger charge is 2.11. The molecule has 34 heavy (non-hydrogen) atoms. The molecule has 0 bridgehead atoms. The SMILES string of the molecule is CCCCCCCCCCCCCCCCCCCCCC(=O)N(CC)CCc1ccccc1. The number of hydrogen-bond acceptors (Lipinski definition) is 1. The fraction of sp³-hybridized carbons (Fsp3) is 0.781. The highest BCUT2D eigenvalue weighted by Crippen LogP contribution is 2.15. The van der Waals surface area contributed by atoms with Gasteiger partial charge in [-0.2, -0.15) is 0 Å². The van der Waals surface area contributed by atoms with Crippen LogP contribution >= 0.6 is 0 Å². The van der Waals surface area contributed by atoms with Crippen LogP contribution in [-0.2, 0) is 11.2 Å². The maximum absolute atomic E-state index is 12.5. The molecule has 1 aromatic rings. The molecule has 0 N–H and O–H groups in total. The predicted molar refractivity (Wildman–Crippen MR) is 150 cm³/mol. The second-order valence-electron chi connectivity index (χ2n) is 10.3. The van der Waals surface area contributed by atoms with E-state index in [1.165, 1.54) is 121 Å². The van der Waals surface area contributed by atoms with Crippen LogP contribution in [0.4, 0.5) is 0 Å². The van der Waals surface area contributed by atoms with Crippen molar-refractivity contribution in [3.05, 3.63) is 35.9 Å². The third kappa shape index (κ3) is 18.1. The molecule has 0 radical (unpaired) electrons. The third-order valence-electron chi connectivity index (χ3n) is 7.24. The molecule has 0 heterocycles. The van der Waals surface area contributed by atoms with Crippen molar-refractivity contribution >= 4 is 5.91 Å². The first-order valence-electron chi connectivity index (χ1n) is 15.1.